The largest absolute Gasteiger partial charge is 0.322 e. The summed E-state index contributed by atoms with van der Waals surface area (Å²) in [5.41, 5.74) is 2.67. The monoisotopic (exact) mass is 429 g/mol. The quantitative estimate of drug-likeness (QED) is 0.454. The normalized spacial score (nSPS) is 13.9. The Bertz CT molecular complexity index is 1440. The zero-order valence-electron chi connectivity index (χ0n) is 16.0. The zero-order valence-corrected chi connectivity index (χ0v) is 16.8. The molecule has 0 spiro atoms. The van der Waals surface area contributed by atoms with Crippen LogP contribution in [-0.2, 0) is 9.84 Å². The van der Waals surface area contributed by atoms with Gasteiger partial charge in [0.1, 0.15) is 0 Å². The van der Waals surface area contributed by atoms with Crippen LogP contribution in [0.15, 0.2) is 88.8 Å². The molecular formula is C23H15N3O4S. The van der Waals surface area contributed by atoms with Crippen molar-refractivity contribution in [3.8, 4) is 11.3 Å². The van der Waals surface area contributed by atoms with Gasteiger partial charge in [-0.2, -0.15) is 5.10 Å². The highest BCUT2D eigenvalue weighted by molar-refractivity contribution is 7.91. The Morgan fingerprint density at radius 1 is 0.871 bits per heavy atom. The van der Waals surface area contributed by atoms with E-state index in [0.717, 1.165) is 11.3 Å². The molecular weight excluding hydrogens is 414 g/mol. The van der Waals surface area contributed by atoms with Crippen LogP contribution in [0.2, 0.25) is 0 Å². The summed E-state index contributed by atoms with van der Waals surface area (Å²) in [5, 5.41) is 9.52. The Balaban J connectivity index is 1.45. The number of nitrogens with zero attached hydrogens (tertiary/aromatic N) is 1. The van der Waals surface area contributed by atoms with Crippen molar-refractivity contribution >= 4 is 27.2 Å². The fourth-order valence-electron chi connectivity index (χ4n) is 3.58. The lowest BCUT2D eigenvalue weighted by Crippen LogP contribution is -2.21. The number of nitrogens with one attached hydrogen (secondary N) is 2. The van der Waals surface area contributed by atoms with Crippen molar-refractivity contribution in [2.45, 2.75) is 9.79 Å². The summed E-state index contributed by atoms with van der Waals surface area (Å²) in [5.74, 6) is -0.847. The Morgan fingerprint density at radius 3 is 2.35 bits per heavy atom. The molecule has 1 amide bonds. The van der Waals surface area contributed by atoms with E-state index in [1.165, 1.54) is 30.3 Å². The summed E-state index contributed by atoms with van der Waals surface area (Å²) in [6, 6.07) is 19.2. The Labute approximate surface area is 177 Å². The van der Waals surface area contributed by atoms with E-state index in [9.17, 15) is 18.0 Å². The second kappa shape index (κ2) is 7.03. The van der Waals surface area contributed by atoms with Crippen LogP contribution < -0.4 is 5.32 Å². The van der Waals surface area contributed by atoms with Crippen molar-refractivity contribution < 1.29 is 18.0 Å². The third-order valence-corrected chi connectivity index (χ3v) is 7.01. The molecule has 152 valence electrons. The molecule has 5 rings (SSSR count). The number of sulfone groups is 1. The summed E-state index contributed by atoms with van der Waals surface area (Å²) in [6.45, 7) is 0. The summed E-state index contributed by atoms with van der Waals surface area (Å²) in [7, 11) is -3.90. The molecule has 1 aliphatic rings. The van der Waals surface area contributed by atoms with E-state index in [1.807, 2.05) is 18.2 Å². The number of hydrogen-bond donors (Lipinski definition) is 2. The highest BCUT2D eigenvalue weighted by Gasteiger charge is 2.35. The number of aromatic amines is 1. The Morgan fingerprint density at radius 2 is 1.61 bits per heavy atom. The first-order chi connectivity index (χ1) is 14.9. The molecule has 0 unspecified atom stereocenters. The second-order valence-electron chi connectivity index (χ2n) is 7.04. The second-order valence-corrected chi connectivity index (χ2v) is 8.93. The van der Waals surface area contributed by atoms with Crippen LogP contribution in [0.4, 0.5) is 5.69 Å². The molecule has 0 bridgehead atoms. The van der Waals surface area contributed by atoms with Gasteiger partial charge in [0.05, 0.1) is 15.5 Å². The van der Waals surface area contributed by atoms with E-state index < -0.39 is 15.7 Å². The van der Waals surface area contributed by atoms with Crippen LogP contribution in [0.25, 0.3) is 11.3 Å². The number of anilines is 1. The van der Waals surface area contributed by atoms with Crippen molar-refractivity contribution in [1.82, 2.24) is 10.2 Å². The minimum atomic E-state index is -3.90. The van der Waals surface area contributed by atoms with Gasteiger partial charge in [-0.25, -0.2) is 8.42 Å². The van der Waals surface area contributed by atoms with Crippen LogP contribution in [-0.4, -0.2) is 30.3 Å². The summed E-state index contributed by atoms with van der Waals surface area (Å²) in [4.78, 5) is 25.3. The van der Waals surface area contributed by atoms with E-state index >= 15 is 0 Å². The fourth-order valence-corrected chi connectivity index (χ4v) is 5.26. The molecule has 0 saturated heterocycles. The maximum absolute atomic E-state index is 13.0. The average Bonchev–Trinajstić information content (AvgIpc) is 3.33. The number of carbonyl (C=O) groups is 2. The third-order valence-electron chi connectivity index (χ3n) is 5.15. The molecule has 7 nitrogen and oxygen atoms in total. The van der Waals surface area contributed by atoms with Gasteiger partial charge < -0.3 is 5.32 Å². The number of rotatable bonds is 3. The minimum absolute atomic E-state index is 0.0422. The molecule has 4 aromatic rings. The number of amides is 1. The molecule has 1 aromatic heterocycles. The lowest BCUT2D eigenvalue weighted by Gasteiger charge is -2.19. The smallest absolute Gasteiger partial charge is 0.255 e. The van der Waals surface area contributed by atoms with Gasteiger partial charge in [0.25, 0.3) is 5.91 Å². The number of benzene rings is 3. The number of carbonyl (C=O) groups excluding carboxylic acids is 2. The first-order valence-corrected chi connectivity index (χ1v) is 10.9. The molecule has 2 heterocycles. The minimum Gasteiger partial charge on any atom is -0.322 e. The molecule has 1 aliphatic heterocycles. The van der Waals surface area contributed by atoms with Crippen molar-refractivity contribution in [2.75, 3.05) is 5.32 Å². The summed E-state index contributed by atoms with van der Waals surface area (Å²) >= 11 is 0. The molecule has 0 saturated carbocycles. The summed E-state index contributed by atoms with van der Waals surface area (Å²) < 4.78 is 26.1. The van der Waals surface area contributed by atoms with E-state index in [0.29, 0.717) is 5.69 Å². The first-order valence-electron chi connectivity index (χ1n) is 9.39. The summed E-state index contributed by atoms with van der Waals surface area (Å²) in [6.07, 6.45) is 1.65. The third kappa shape index (κ3) is 3.13. The molecule has 0 atom stereocenters. The highest BCUT2D eigenvalue weighted by Crippen LogP contribution is 2.34. The number of aromatic nitrogens is 2. The van der Waals surface area contributed by atoms with Crippen molar-refractivity contribution in [3.63, 3.8) is 0 Å². The van der Waals surface area contributed by atoms with Gasteiger partial charge in [-0.15, -0.1) is 0 Å². The molecule has 0 fully saturated rings. The topological polar surface area (TPSA) is 109 Å². The number of fused-ring (bicyclic) bond motifs is 2. The zero-order chi connectivity index (χ0) is 21.6. The number of hydrogen-bond acceptors (Lipinski definition) is 5. The van der Waals surface area contributed by atoms with Gasteiger partial charge >= 0.3 is 0 Å². The van der Waals surface area contributed by atoms with Gasteiger partial charge in [-0.3, -0.25) is 14.7 Å². The van der Waals surface area contributed by atoms with E-state index in [4.69, 9.17) is 0 Å². The predicted octanol–water partition coefficient (Wildman–Crippen LogP) is 3.71. The van der Waals surface area contributed by atoms with Crippen LogP contribution >= 0.6 is 0 Å². The Kier molecular flexibility index (Phi) is 4.30. The van der Waals surface area contributed by atoms with Crippen LogP contribution in [0, 0.1) is 0 Å². The van der Waals surface area contributed by atoms with Gasteiger partial charge in [0.15, 0.2) is 5.78 Å². The highest BCUT2D eigenvalue weighted by atomic mass is 32.2. The molecule has 2 N–H and O–H groups in total. The lowest BCUT2D eigenvalue weighted by atomic mass is 10.0. The Hall–Kier alpha value is -4.04. The first kappa shape index (κ1) is 19.0. The molecule has 31 heavy (non-hydrogen) atoms. The van der Waals surface area contributed by atoms with Crippen LogP contribution in [0.1, 0.15) is 26.3 Å². The SMILES string of the molecule is O=C(Nc1ccc(-c2ccn[nH]2)cc1)c1ccc2c(c1)S(=O)(=O)c1ccccc1C2=O. The molecule has 3 aromatic carbocycles. The van der Waals surface area contributed by atoms with Crippen molar-refractivity contribution in [1.29, 1.82) is 0 Å². The molecule has 0 radical (unpaired) electrons. The van der Waals surface area contributed by atoms with Gasteiger partial charge in [0.2, 0.25) is 9.84 Å². The van der Waals surface area contributed by atoms with Gasteiger partial charge in [-0.05, 0) is 54.1 Å². The predicted molar refractivity (Wildman–Crippen MR) is 114 cm³/mol. The standard InChI is InChI=1S/C23H15N3O4S/c27-22-17-3-1-2-4-20(17)31(29,30)21-13-15(7-10-18(21)22)23(28)25-16-8-5-14(6-9-16)19-11-12-24-26-19/h1-13H,(H,24,26)(H,25,28). The van der Waals surface area contributed by atoms with Crippen LogP contribution in [0.3, 0.4) is 0 Å². The van der Waals surface area contributed by atoms with Gasteiger partial charge in [0, 0.05) is 28.6 Å². The van der Waals surface area contributed by atoms with Crippen molar-refractivity contribution in [2.24, 2.45) is 0 Å². The number of ketones is 1. The van der Waals surface area contributed by atoms with Crippen molar-refractivity contribution in [3.05, 3.63) is 95.7 Å². The van der Waals surface area contributed by atoms with E-state index in [-0.39, 0.29) is 32.3 Å². The van der Waals surface area contributed by atoms with E-state index in [2.05, 4.69) is 15.5 Å². The fraction of sp³-hybridized carbons (Fsp3) is 0. The average molecular weight is 429 g/mol. The molecule has 8 heteroatoms. The van der Waals surface area contributed by atoms with Gasteiger partial charge in [-0.1, -0.05) is 24.3 Å². The maximum Gasteiger partial charge on any atom is 0.255 e. The lowest BCUT2D eigenvalue weighted by molar-refractivity contribution is 0.101. The van der Waals surface area contributed by atoms with E-state index in [1.54, 1.807) is 30.5 Å². The maximum atomic E-state index is 13.0. The molecule has 0 aliphatic carbocycles. The number of H-pyrrole nitrogens is 1. The van der Waals surface area contributed by atoms with Crippen LogP contribution in [0.5, 0.6) is 0 Å².